The summed E-state index contributed by atoms with van der Waals surface area (Å²) in [6.07, 6.45) is 0. The Morgan fingerprint density at radius 1 is 1.16 bits per heavy atom. The van der Waals surface area contributed by atoms with Gasteiger partial charge in [0.05, 0.1) is 7.11 Å². The van der Waals surface area contributed by atoms with Gasteiger partial charge in [-0.1, -0.05) is 0 Å². The molecule has 1 aromatic rings. The number of carbonyl (C=O) groups is 2. The molecule has 19 heavy (non-hydrogen) atoms. The van der Waals surface area contributed by atoms with Crippen LogP contribution in [0.5, 0.6) is 5.75 Å². The van der Waals surface area contributed by atoms with Crippen molar-refractivity contribution >= 4 is 17.6 Å². The molecule has 0 saturated carbocycles. The highest BCUT2D eigenvalue weighted by atomic mass is 16.5. The molecule has 0 aliphatic rings. The zero-order chi connectivity index (χ0) is 14.7. The second kappa shape index (κ2) is 9.90. The number of amides is 1. The number of carboxylic acids is 1. The topological polar surface area (TPSA) is 84.9 Å². The van der Waals surface area contributed by atoms with Crippen molar-refractivity contribution in [2.45, 2.75) is 13.8 Å². The van der Waals surface area contributed by atoms with Crippen LogP contribution in [0.4, 0.5) is 5.69 Å². The van der Waals surface area contributed by atoms with E-state index in [1.54, 1.807) is 24.3 Å². The largest absolute Gasteiger partial charge is 0.497 e. The van der Waals surface area contributed by atoms with E-state index in [0.717, 1.165) is 13.2 Å². The number of hydrogen-bond acceptors (Lipinski definition) is 4. The lowest BCUT2D eigenvalue weighted by Crippen LogP contribution is -2.21. The van der Waals surface area contributed by atoms with Crippen LogP contribution in [0.15, 0.2) is 24.3 Å². The zero-order valence-electron chi connectivity index (χ0n) is 11.3. The molecule has 0 unspecified atom stereocenters. The molecule has 6 nitrogen and oxygen atoms in total. The van der Waals surface area contributed by atoms with Crippen molar-refractivity contribution in [3.05, 3.63) is 24.3 Å². The molecule has 2 N–H and O–H groups in total. The fourth-order valence-corrected chi connectivity index (χ4v) is 1.06. The van der Waals surface area contributed by atoms with E-state index >= 15 is 0 Å². The third kappa shape index (κ3) is 7.77. The number of hydrogen-bond donors (Lipinski definition) is 2. The first-order chi connectivity index (χ1) is 9.04. The van der Waals surface area contributed by atoms with Gasteiger partial charge in [-0.3, -0.25) is 4.79 Å². The summed E-state index contributed by atoms with van der Waals surface area (Å²) >= 11 is 0. The Morgan fingerprint density at radius 2 is 1.68 bits per heavy atom. The van der Waals surface area contributed by atoms with Crippen molar-refractivity contribution in [3.8, 4) is 5.75 Å². The third-order valence-electron chi connectivity index (χ3n) is 1.95. The Morgan fingerprint density at radius 3 is 2.00 bits per heavy atom. The highest BCUT2D eigenvalue weighted by Crippen LogP contribution is 2.14. The van der Waals surface area contributed by atoms with Gasteiger partial charge in [0.1, 0.15) is 5.75 Å². The smallest absolute Gasteiger partial charge is 0.394 e. The van der Waals surface area contributed by atoms with Crippen molar-refractivity contribution in [1.29, 1.82) is 0 Å². The summed E-state index contributed by atoms with van der Waals surface area (Å²) in [5.41, 5.74) is 0.415. The minimum absolute atomic E-state index is 0.415. The molecule has 0 atom stereocenters. The van der Waals surface area contributed by atoms with Crippen molar-refractivity contribution in [2.24, 2.45) is 0 Å². The van der Waals surface area contributed by atoms with E-state index in [1.807, 2.05) is 13.8 Å². The van der Waals surface area contributed by atoms with E-state index in [-0.39, 0.29) is 0 Å². The standard InChI is InChI=1S/C9H9NO4.C4H10O/c1-14-7-4-2-6(3-5-7)10-8(11)9(12)13;1-3-5-4-2/h2-5H,1H3,(H,10,11)(H,12,13);3-4H2,1-2H3. The molecule has 0 fully saturated rings. The fraction of sp³-hybridized carbons (Fsp3) is 0.385. The van der Waals surface area contributed by atoms with E-state index < -0.39 is 11.9 Å². The molecule has 6 heteroatoms. The molecule has 0 aliphatic heterocycles. The van der Waals surface area contributed by atoms with E-state index in [2.05, 4.69) is 5.32 Å². The molecule has 1 aromatic carbocycles. The molecule has 0 radical (unpaired) electrons. The van der Waals surface area contributed by atoms with Crippen LogP contribution in [0.25, 0.3) is 0 Å². The molecule has 0 heterocycles. The maximum atomic E-state index is 10.7. The van der Waals surface area contributed by atoms with Gasteiger partial charge in [-0.05, 0) is 38.1 Å². The normalized spacial score (nSPS) is 9.00. The SMILES string of the molecule is CCOCC.COc1ccc(NC(=O)C(=O)O)cc1. The van der Waals surface area contributed by atoms with Gasteiger partial charge in [0, 0.05) is 18.9 Å². The van der Waals surface area contributed by atoms with Crippen LogP contribution in [0.3, 0.4) is 0 Å². The fourth-order valence-electron chi connectivity index (χ4n) is 1.06. The lowest BCUT2D eigenvalue weighted by Gasteiger charge is -2.03. The second-order valence-corrected chi connectivity index (χ2v) is 3.27. The first-order valence-electron chi connectivity index (χ1n) is 5.81. The number of benzene rings is 1. The van der Waals surface area contributed by atoms with Gasteiger partial charge in [-0.2, -0.15) is 0 Å². The highest BCUT2D eigenvalue weighted by molar-refractivity contribution is 6.36. The minimum Gasteiger partial charge on any atom is -0.497 e. The van der Waals surface area contributed by atoms with Gasteiger partial charge < -0.3 is 19.9 Å². The minimum atomic E-state index is -1.51. The van der Waals surface area contributed by atoms with Crippen molar-refractivity contribution < 1.29 is 24.2 Å². The summed E-state index contributed by atoms with van der Waals surface area (Å²) in [5, 5.41) is 10.5. The summed E-state index contributed by atoms with van der Waals surface area (Å²) in [6, 6.07) is 6.36. The maximum Gasteiger partial charge on any atom is 0.394 e. The Labute approximate surface area is 112 Å². The molecular formula is C13H19NO5. The number of aliphatic carboxylic acids is 1. The molecular weight excluding hydrogens is 250 g/mol. The number of carboxylic acid groups (broad SMARTS) is 1. The molecule has 0 saturated heterocycles. The summed E-state index contributed by atoms with van der Waals surface area (Å²) in [5.74, 6) is -1.94. The predicted octanol–water partition coefficient (Wildman–Crippen LogP) is 1.76. The Balaban J connectivity index is 0.000000555. The van der Waals surface area contributed by atoms with Crippen LogP contribution in [0.2, 0.25) is 0 Å². The first kappa shape index (κ1) is 16.9. The van der Waals surface area contributed by atoms with Gasteiger partial charge in [0.15, 0.2) is 0 Å². The van der Waals surface area contributed by atoms with Gasteiger partial charge in [0.2, 0.25) is 0 Å². The molecule has 0 bridgehead atoms. The van der Waals surface area contributed by atoms with Crippen LogP contribution in [-0.2, 0) is 14.3 Å². The van der Waals surface area contributed by atoms with E-state index in [1.165, 1.54) is 7.11 Å². The monoisotopic (exact) mass is 269 g/mol. The average Bonchev–Trinajstić information content (AvgIpc) is 2.41. The summed E-state index contributed by atoms with van der Waals surface area (Å²) in [6.45, 7) is 5.67. The number of methoxy groups -OCH3 is 1. The van der Waals surface area contributed by atoms with Gasteiger partial charge in [-0.15, -0.1) is 0 Å². The quantitative estimate of drug-likeness (QED) is 0.813. The third-order valence-corrected chi connectivity index (χ3v) is 1.95. The number of carbonyl (C=O) groups excluding carboxylic acids is 1. The summed E-state index contributed by atoms with van der Waals surface area (Å²) in [7, 11) is 1.52. The molecule has 1 rings (SSSR count). The summed E-state index contributed by atoms with van der Waals surface area (Å²) < 4.78 is 9.73. The molecule has 0 spiro atoms. The van der Waals surface area contributed by atoms with E-state index in [0.29, 0.717) is 11.4 Å². The van der Waals surface area contributed by atoms with Crippen molar-refractivity contribution in [1.82, 2.24) is 0 Å². The van der Waals surface area contributed by atoms with Crippen molar-refractivity contribution in [2.75, 3.05) is 25.6 Å². The second-order valence-electron chi connectivity index (χ2n) is 3.27. The number of anilines is 1. The lowest BCUT2D eigenvalue weighted by atomic mass is 10.3. The van der Waals surface area contributed by atoms with Crippen molar-refractivity contribution in [3.63, 3.8) is 0 Å². The van der Waals surface area contributed by atoms with Gasteiger partial charge in [0.25, 0.3) is 0 Å². The number of nitrogens with one attached hydrogen (secondary N) is 1. The zero-order valence-corrected chi connectivity index (χ0v) is 11.3. The Bertz CT molecular complexity index is 387. The lowest BCUT2D eigenvalue weighted by molar-refractivity contribution is -0.147. The highest BCUT2D eigenvalue weighted by Gasteiger charge is 2.10. The van der Waals surface area contributed by atoms with Crippen LogP contribution in [0, 0.1) is 0 Å². The first-order valence-corrected chi connectivity index (χ1v) is 5.81. The molecule has 0 aliphatic carbocycles. The van der Waals surface area contributed by atoms with Crippen LogP contribution in [-0.4, -0.2) is 37.3 Å². The average molecular weight is 269 g/mol. The van der Waals surface area contributed by atoms with Crippen LogP contribution >= 0.6 is 0 Å². The van der Waals surface area contributed by atoms with E-state index in [4.69, 9.17) is 14.6 Å². The molecule has 1 amide bonds. The van der Waals surface area contributed by atoms with Crippen LogP contribution in [0.1, 0.15) is 13.8 Å². The Hall–Kier alpha value is -2.08. The summed E-state index contributed by atoms with van der Waals surface area (Å²) in [4.78, 5) is 20.9. The number of rotatable bonds is 4. The maximum absolute atomic E-state index is 10.7. The van der Waals surface area contributed by atoms with Crippen LogP contribution < -0.4 is 10.1 Å². The number of ether oxygens (including phenoxy) is 2. The Kier molecular flexibility index (Phi) is 8.82. The predicted molar refractivity (Wildman–Crippen MR) is 71.4 cm³/mol. The van der Waals surface area contributed by atoms with E-state index in [9.17, 15) is 9.59 Å². The molecule has 0 aromatic heterocycles. The molecule has 106 valence electrons. The van der Waals surface area contributed by atoms with Gasteiger partial charge in [-0.25, -0.2) is 4.79 Å². The van der Waals surface area contributed by atoms with Gasteiger partial charge >= 0.3 is 11.9 Å².